The maximum absolute atomic E-state index is 12.5. The van der Waals surface area contributed by atoms with E-state index in [2.05, 4.69) is 39.5 Å². The number of alkyl halides is 6. The van der Waals surface area contributed by atoms with E-state index >= 15 is 0 Å². The number of β-lactam (4-membered cyclic amide) rings is 6. The lowest BCUT2D eigenvalue weighted by atomic mass is 9.89. The number of imide groups is 6. The molecule has 0 radical (unpaired) electrons. The first-order valence-electron chi connectivity index (χ1n) is 35.6. The van der Waals surface area contributed by atoms with Crippen LogP contribution in [-0.4, -0.2) is 186 Å². The fraction of sp³-hybridized carbons (Fsp3) is 0.589. The molecule has 0 aromatic rings. The SMILES string of the molecule is C=C(C(=O)N1C(=O)CC1OC(=O)C1CCCCC1)C(F)(F)F.C=C(C(=O)N1C(=O)CC1OC(=O)CCC)C(F)(F)F.C=C(C)C(=O)N1C(=O)CC1OC(=O)C1CCCCC1.C=C(C)C(=O)N1C(=O)CC1OC(=O)CCC.C=CC(=O)N1C(=O)CC1OC(=O)C1CCCCC1.C=CC(=O)N1C(=O)CC1OC(=O)CCC. The maximum Gasteiger partial charge on any atom is 0.421 e. The van der Waals surface area contributed by atoms with Gasteiger partial charge in [0.15, 0.2) is 37.4 Å². The van der Waals surface area contributed by atoms with Crippen molar-refractivity contribution < 1.29 is 141 Å². The number of hydrogen-bond donors (Lipinski definition) is 0. The zero-order chi connectivity index (χ0) is 82.1. The third-order valence-electron chi connectivity index (χ3n) is 17.8. The molecule has 0 bridgehead atoms. The standard InChI is InChI=1S/C14H16F3NO4.C14H19NO4.C13H17NO4.C11H12F3NO4.C11H15NO4.C10H13NO4/c1-8(14(15,16)17)12(20)18-10(19)7-11(18)22-13(21)9-5-3-2-4-6-9;1-9(2)13(17)15-11(16)8-12(15)19-14(18)10-6-4-3-5-7-10;1-2-10(15)14-11(16)8-12(14)18-13(17)9-6-4-3-5-7-9;1-3-4-9(17)19-8-5-7(16)15(8)10(18)6(2)11(12,13)14;1-4-5-10(14)16-9-6-8(13)12(9)11(15)7(2)3;1-3-5-10(14)15-9-6-8(13)11(9)7(12)4-2/h9,11H,1-7H2;10,12H,1,3-8H2,2H3;2,9,12H,1,3-8H2;8H,2-5H2,1H3;9H,2,4-6H2,1,3H3;4,9H,2-3,5-6H2,1H3. The van der Waals surface area contributed by atoms with Gasteiger partial charge in [-0.2, -0.15) is 26.3 Å². The van der Waals surface area contributed by atoms with Crippen LogP contribution in [0.3, 0.4) is 0 Å². The second-order valence-electron chi connectivity index (χ2n) is 26.4. The number of hydrogen-bond acceptors (Lipinski definition) is 24. The quantitative estimate of drug-likeness (QED) is 0.0341. The first-order valence-corrected chi connectivity index (χ1v) is 35.6. The molecule has 0 aromatic carbocycles. The Morgan fingerprint density at radius 1 is 0.349 bits per heavy atom. The molecule has 3 aliphatic carbocycles. The Kier molecular flexibility index (Phi) is 35.0. The van der Waals surface area contributed by atoms with Gasteiger partial charge in [0.1, 0.15) is 11.1 Å². The van der Waals surface area contributed by atoms with Gasteiger partial charge < -0.3 is 28.4 Å². The van der Waals surface area contributed by atoms with Crippen LogP contribution in [0.5, 0.6) is 0 Å². The molecule has 109 heavy (non-hydrogen) atoms. The minimum atomic E-state index is -4.93. The molecule has 36 heteroatoms. The molecular weight excluding hydrogens is 1460 g/mol. The fourth-order valence-corrected chi connectivity index (χ4v) is 11.5. The van der Waals surface area contributed by atoms with E-state index in [4.69, 9.17) is 28.4 Å². The van der Waals surface area contributed by atoms with Gasteiger partial charge in [-0.15, -0.1) is 0 Å². The highest BCUT2D eigenvalue weighted by molar-refractivity contribution is 6.10. The predicted octanol–water partition coefficient (Wildman–Crippen LogP) is 8.59. The van der Waals surface area contributed by atoms with Crippen molar-refractivity contribution in [2.45, 2.75) is 258 Å². The Hall–Kier alpha value is -10.3. The van der Waals surface area contributed by atoms with E-state index in [1.165, 1.54) is 13.8 Å². The number of likely N-dealkylation sites (tertiary alicyclic amines) is 6. The van der Waals surface area contributed by atoms with E-state index in [0.717, 1.165) is 115 Å². The van der Waals surface area contributed by atoms with Gasteiger partial charge in [-0.05, 0) is 83.8 Å². The van der Waals surface area contributed by atoms with Crippen molar-refractivity contribution in [3.8, 4) is 0 Å². The number of halogens is 6. The maximum atomic E-state index is 12.5. The van der Waals surface area contributed by atoms with Crippen molar-refractivity contribution in [1.82, 2.24) is 29.4 Å². The third kappa shape index (κ3) is 25.7. The summed E-state index contributed by atoms with van der Waals surface area (Å²) in [5.74, 6) is -11.1. The molecule has 12 amide bonds. The van der Waals surface area contributed by atoms with Crippen LogP contribution in [0.2, 0.25) is 0 Å². The van der Waals surface area contributed by atoms with E-state index in [-0.39, 0.29) is 120 Å². The molecule has 6 atom stereocenters. The summed E-state index contributed by atoms with van der Waals surface area (Å²) in [5.41, 5.74) is -2.80. The summed E-state index contributed by atoms with van der Waals surface area (Å²) in [5, 5.41) is 0. The highest BCUT2D eigenvalue weighted by atomic mass is 19.4. The summed E-state index contributed by atoms with van der Waals surface area (Å²) in [6, 6.07) is 0. The minimum absolute atomic E-state index is 0.0624. The number of esters is 6. The molecule has 6 unspecified atom stereocenters. The topological polar surface area (TPSA) is 382 Å². The smallest absolute Gasteiger partial charge is 0.421 e. The van der Waals surface area contributed by atoms with Gasteiger partial charge in [-0.25, -0.2) is 29.4 Å². The van der Waals surface area contributed by atoms with Crippen molar-refractivity contribution in [2.75, 3.05) is 0 Å². The Labute approximate surface area is 624 Å². The van der Waals surface area contributed by atoms with Gasteiger partial charge in [0.2, 0.25) is 35.4 Å². The van der Waals surface area contributed by atoms with Gasteiger partial charge in [-0.1, -0.05) is 118 Å². The average molecular weight is 1550 g/mol. The second kappa shape index (κ2) is 41.9. The number of carbonyl (C=O) groups excluding carboxylic acids is 18. The van der Waals surface area contributed by atoms with Gasteiger partial charge in [-0.3, -0.25) is 86.3 Å². The Bertz CT molecular complexity index is 3590. The second-order valence-corrected chi connectivity index (χ2v) is 26.4. The van der Waals surface area contributed by atoms with E-state index in [0.29, 0.717) is 49.8 Å². The fourth-order valence-electron chi connectivity index (χ4n) is 11.5. The number of amides is 12. The van der Waals surface area contributed by atoms with Crippen LogP contribution >= 0.6 is 0 Å². The van der Waals surface area contributed by atoms with E-state index in [9.17, 15) is 113 Å². The van der Waals surface area contributed by atoms with Crippen molar-refractivity contribution in [3.05, 3.63) is 73.9 Å². The van der Waals surface area contributed by atoms with Gasteiger partial charge in [0.05, 0.1) is 56.3 Å². The van der Waals surface area contributed by atoms with Crippen molar-refractivity contribution in [2.24, 2.45) is 17.8 Å². The van der Waals surface area contributed by atoms with Gasteiger partial charge in [0.25, 0.3) is 35.4 Å². The molecule has 3 saturated carbocycles. The number of ether oxygens (including phenoxy) is 6. The molecule has 6 aliphatic heterocycles. The van der Waals surface area contributed by atoms with Crippen LogP contribution in [0.15, 0.2) is 73.9 Å². The number of carbonyl (C=O) groups is 18. The summed E-state index contributed by atoms with van der Waals surface area (Å²) in [6.07, 6.45) is 2.98. The first-order chi connectivity index (χ1) is 51.1. The first kappa shape index (κ1) is 91.1. The van der Waals surface area contributed by atoms with Crippen LogP contribution in [0.1, 0.15) is 208 Å². The highest BCUT2D eigenvalue weighted by Crippen LogP contribution is 2.36. The molecule has 9 aliphatic rings. The molecule has 0 aromatic heterocycles. The number of nitrogens with zero attached hydrogens (tertiary/aromatic N) is 6. The van der Waals surface area contributed by atoms with Crippen molar-refractivity contribution >= 4 is 107 Å². The molecular formula is C73H92F6N6O24. The summed E-state index contributed by atoms with van der Waals surface area (Å²) in [6.45, 7) is 27.3. The predicted molar refractivity (Wildman–Crippen MR) is 363 cm³/mol. The number of rotatable bonds is 21. The normalized spacial score (nSPS) is 21.5. The summed E-state index contributed by atoms with van der Waals surface area (Å²) >= 11 is 0. The van der Waals surface area contributed by atoms with Gasteiger partial charge in [0, 0.05) is 30.4 Å². The molecule has 0 spiro atoms. The molecule has 9 fully saturated rings. The van der Waals surface area contributed by atoms with Crippen LogP contribution < -0.4 is 0 Å². The Balaban J connectivity index is 0.000000277. The van der Waals surface area contributed by atoms with Crippen LogP contribution in [0.4, 0.5) is 26.3 Å². The third-order valence-corrected chi connectivity index (χ3v) is 17.8. The highest BCUT2D eigenvalue weighted by Gasteiger charge is 2.52. The van der Waals surface area contributed by atoms with E-state index < -0.39 is 126 Å². The lowest BCUT2D eigenvalue weighted by Gasteiger charge is -2.38. The van der Waals surface area contributed by atoms with Crippen LogP contribution in [0.25, 0.3) is 0 Å². The van der Waals surface area contributed by atoms with E-state index in [1.54, 1.807) is 6.92 Å². The lowest BCUT2D eigenvalue weighted by molar-refractivity contribution is -0.193. The molecule has 6 heterocycles. The van der Waals surface area contributed by atoms with Crippen LogP contribution in [0, 0.1) is 17.8 Å². The summed E-state index contributed by atoms with van der Waals surface area (Å²) < 4.78 is 104. The summed E-state index contributed by atoms with van der Waals surface area (Å²) in [4.78, 5) is 210. The van der Waals surface area contributed by atoms with Crippen LogP contribution in [-0.2, 0) is 115 Å². The Morgan fingerprint density at radius 3 is 0.743 bits per heavy atom. The average Bonchev–Trinajstić information content (AvgIpc) is 0.623. The Morgan fingerprint density at radius 2 is 0.550 bits per heavy atom. The zero-order valence-corrected chi connectivity index (χ0v) is 61.4. The van der Waals surface area contributed by atoms with E-state index in [1.807, 2.05) is 13.8 Å². The van der Waals surface area contributed by atoms with Crippen molar-refractivity contribution in [1.29, 1.82) is 0 Å². The molecule has 30 nitrogen and oxygen atoms in total. The molecule has 600 valence electrons. The molecule has 0 N–H and O–H groups in total. The zero-order valence-electron chi connectivity index (χ0n) is 61.4. The monoisotopic (exact) mass is 1550 g/mol. The van der Waals surface area contributed by atoms with Gasteiger partial charge >= 0.3 is 48.2 Å². The van der Waals surface area contributed by atoms with Crippen molar-refractivity contribution in [3.63, 3.8) is 0 Å². The molecule has 9 rings (SSSR count). The molecule has 6 saturated heterocycles. The largest absolute Gasteiger partial charge is 0.440 e. The summed E-state index contributed by atoms with van der Waals surface area (Å²) in [7, 11) is 0. The minimum Gasteiger partial charge on any atom is -0.440 e. The lowest BCUT2D eigenvalue weighted by Crippen LogP contribution is -2.58.